The summed E-state index contributed by atoms with van der Waals surface area (Å²) in [6, 6.07) is 18.8. The maximum absolute atomic E-state index is 4.74. The fourth-order valence-electron chi connectivity index (χ4n) is 3.16. The standard InChI is InChI=1S/C22H22N4S/c1-3-26(4-2)19-11-9-16(10-12-19)21-15-27-22(25-21)24-18-13-17-7-5-6-8-20(17)23-14-18/h5-15H,3-4H2,1-2H3,(H,24,25). The summed E-state index contributed by atoms with van der Waals surface area (Å²) in [5, 5.41) is 7.44. The van der Waals surface area contributed by atoms with Crippen LogP contribution in [0.2, 0.25) is 0 Å². The summed E-state index contributed by atoms with van der Waals surface area (Å²) < 4.78 is 0. The predicted octanol–water partition coefficient (Wildman–Crippen LogP) is 5.95. The van der Waals surface area contributed by atoms with Crippen LogP contribution in [0.1, 0.15) is 13.8 Å². The molecule has 0 spiro atoms. The lowest BCUT2D eigenvalue weighted by atomic mass is 10.1. The molecule has 136 valence electrons. The van der Waals surface area contributed by atoms with Gasteiger partial charge in [0.15, 0.2) is 5.13 Å². The quantitative estimate of drug-likeness (QED) is 0.453. The highest BCUT2D eigenvalue weighted by Gasteiger charge is 2.07. The second kappa shape index (κ2) is 7.76. The summed E-state index contributed by atoms with van der Waals surface area (Å²) >= 11 is 1.60. The van der Waals surface area contributed by atoms with Gasteiger partial charge in [0.1, 0.15) is 0 Å². The zero-order chi connectivity index (χ0) is 18.6. The Hall–Kier alpha value is -2.92. The molecular weight excluding hydrogens is 352 g/mol. The van der Waals surface area contributed by atoms with Gasteiger partial charge in [0.05, 0.1) is 23.1 Å². The van der Waals surface area contributed by atoms with Gasteiger partial charge in [-0.25, -0.2) is 4.98 Å². The molecule has 0 bridgehead atoms. The van der Waals surface area contributed by atoms with Crippen molar-refractivity contribution < 1.29 is 0 Å². The lowest BCUT2D eigenvalue weighted by Gasteiger charge is -2.20. The van der Waals surface area contributed by atoms with E-state index in [9.17, 15) is 0 Å². The topological polar surface area (TPSA) is 41.0 Å². The molecule has 0 fully saturated rings. The van der Waals surface area contributed by atoms with Gasteiger partial charge in [-0.05, 0) is 38.1 Å². The van der Waals surface area contributed by atoms with E-state index in [0.29, 0.717) is 0 Å². The molecule has 0 saturated heterocycles. The molecule has 0 aliphatic carbocycles. The van der Waals surface area contributed by atoms with Crippen LogP contribution in [0.15, 0.2) is 66.2 Å². The molecule has 0 unspecified atom stereocenters. The Morgan fingerprint density at radius 2 is 1.78 bits per heavy atom. The van der Waals surface area contributed by atoms with Crippen molar-refractivity contribution in [1.82, 2.24) is 9.97 Å². The first-order valence-corrected chi connectivity index (χ1v) is 10.1. The fourth-order valence-corrected chi connectivity index (χ4v) is 3.90. The van der Waals surface area contributed by atoms with Crippen molar-refractivity contribution in [3.8, 4) is 11.3 Å². The van der Waals surface area contributed by atoms with E-state index in [1.807, 2.05) is 24.4 Å². The molecule has 4 aromatic rings. The monoisotopic (exact) mass is 374 g/mol. The largest absolute Gasteiger partial charge is 0.372 e. The van der Waals surface area contributed by atoms with Gasteiger partial charge in [0.2, 0.25) is 0 Å². The maximum atomic E-state index is 4.74. The molecule has 1 N–H and O–H groups in total. The van der Waals surface area contributed by atoms with Crippen LogP contribution in [0.5, 0.6) is 0 Å². The number of anilines is 3. The van der Waals surface area contributed by atoms with Crippen LogP contribution >= 0.6 is 11.3 Å². The highest BCUT2D eigenvalue weighted by Crippen LogP contribution is 2.29. The molecule has 0 atom stereocenters. The molecule has 27 heavy (non-hydrogen) atoms. The molecule has 2 heterocycles. The number of fused-ring (bicyclic) bond motifs is 1. The van der Waals surface area contributed by atoms with E-state index in [-0.39, 0.29) is 0 Å². The second-order valence-corrected chi connectivity index (χ2v) is 7.16. The molecule has 0 amide bonds. The molecule has 0 saturated carbocycles. The minimum absolute atomic E-state index is 0.870. The van der Waals surface area contributed by atoms with E-state index >= 15 is 0 Å². The van der Waals surface area contributed by atoms with Crippen molar-refractivity contribution in [3.63, 3.8) is 0 Å². The van der Waals surface area contributed by atoms with Crippen LogP contribution in [0.4, 0.5) is 16.5 Å². The zero-order valence-corrected chi connectivity index (χ0v) is 16.3. The van der Waals surface area contributed by atoms with Gasteiger partial charge < -0.3 is 10.2 Å². The average molecular weight is 375 g/mol. The zero-order valence-electron chi connectivity index (χ0n) is 15.5. The Kier molecular flexibility index (Phi) is 5.03. The summed E-state index contributed by atoms with van der Waals surface area (Å²) in [7, 11) is 0. The number of pyridine rings is 1. The smallest absolute Gasteiger partial charge is 0.187 e. The van der Waals surface area contributed by atoms with Crippen LogP contribution in [0, 0.1) is 0 Å². The van der Waals surface area contributed by atoms with Crippen LogP contribution in [0.3, 0.4) is 0 Å². The lowest BCUT2D eigenvalue weighted by molar-refractivity contribution is 0.866. The molecule has 4 rings (SSSR count). The summed E-state index contributed by atoms with van der Waals surface area (Å²) in [4.78, 5) is 11.6. The van der Waals surface area contributed by atoms with Crippen LogP contribution in [-0.4, -0.2) is 23.1 Å². The Morgan fingerprint density at radius 3 is 2.56 bits per heavy atom. The molecular formula is C22H22N4S. The van der Waals surface area contributed by atoms with E-state index in [1.165, 1.54) is 5.69 Å². The predicted molar refractivity (Wildman–Crippen MR) is 116 cm³/mol. The van der Waals surface area contributed by atoms with Crippen molar-refractivity contribution in [3.05, 3.63) is 66.2 Å². The van der Waals surface area contributed by atoms with Crippen molar-refractivity contribution in [2.24, 2.45) is 0 Å². The number of hydrogen-bond donors (Lipinski definition) is 1. The molecule has 0 aliphatic heterocycles. The number of nitrogens with one attached hydrogen (secondary N) is 1. The highest BCUT2D eigenvalue weighted by molar-refractivity contribution is 7.14. The Labute approximate surface area is 163 Å². The van der Waals surface area contributed by atoms with E-state index in [1.54, 1.807) is 11.3 Å². The number of hydrogen-bond acceptors (Lipinski definition) is 5. The van der Waals surface area contributed by atoms with E-state index in [4.69, 9.17) is 4.98 Å². The minimum Gasteiger partial charge on any atom is -0.372 e. The number of aromatic nitrogens is 2. The first kappa shape index (κ1) is 17.5. The Morgan fingerprint density at radius 1 is 1.00 bits per heavy atom. The summed E-state index contributed by atoms with van der Waals surface area (Å²) in [5.74, 6) is 0. The SMILES string of the molecule is CCN(CC)c1ccc(-c2csc(Nc3cnc4ccccc4c3)n2)cc1. The third-order valence-electron chi connectivity index (χ3n) is 4.64. The van der Waals surface area contributed by atoms with E-state index in [2.05, 4.69) is 70.8 Å². The molecule has 0 radical (unpaired) electrons. The van der Waals surface area contributed by atoms with Crippen molar-refractivity contribution in [1.29, 1.82) is 0 Å². The van der Waals surface area contributed by atoms with Crippen molar-refractivity contribution >= 4 is 38.7 Å². The number of thiazole rings is 1. The normalized spacial score (nSPS) is 10.9. The molecule has 2 aromatic heterocycles. The molecule has 0 aliphatic rings. The summed E-state index contributed by atoms with van der Waals surface area (Å²) in [5.41, 5.74) is 5.32. The van der Waals surface area contributed by atoms with E-state index in [0.717, 1.165) is 46.1 Å². The number of para-hydroxylation sites is 1. The number of benzene rings is 2. The summed E-state index contributed by atoms with van der Waals surface area (Å²) in [6.45, 7) is 6.38. The highest BCUT2D eigenvalue weighted by atomic mass is 32.1. The van der Waals surface area contributed by atoms with E-state index < -0.39 is 0 Å². The van der Waals surface area contributed by atoms with Crippen molar-refractivity contribution in [2.45, 2.75) is 13.8 Å². The summed E-state index contributed by atoms with van der Waals surface area (Å²) in [6.07, 6.45) is 1.85. The van der Waals surface area contributed by atoms with Crippen molar-refractivity contribution in [2.75, 3.05) is 23.3 Å². The third-order valence-corrected chi connectivity index (χ3v) is 5.40. The van der Waals surface area contributed by atoms with Gasteiger partial charge >= 0.3 is 0 Å². The Bertz CT molecular complexity index is 1040. The van der Waals surface area contributed by atoms with Gasteiger partial charge in [-0.2, -0.15) is 0 Å². The first-order valence-electron chi connectivity index (χ1n) is 9.19. The minimum atomic E-state index is 0.870. The Balaban J connectivity index is 1.52. The average Bonchev–Trinajstić information content (AvgIpc) is 3.18. The van der Waals surface area contributed by atoms with Gasteiger partial charge in [0, 0.05) is 35.1 Å². The lowest BCUT2D eigenvalue weighted by Crippen LogP contribution is -2.21. The van der Waals surface area contributed by atoms with Gasteiger partial charge in [-0.3, -0.25) is 4.98 Å². The fraction of sp³-hybridized carbons (Fsp3) is 0.182. The second-order valence-electron chi connectivity index (χ2n) is 6.30. The van der Waals surface area contributed by atoms with Gasteiger partial charge in [-0.1, -0.05) is 30.3 Å². The van der Waals surface area contributed by atoms with Crippen LogP contribution in [0.25, 0.3) is 22.2 Å². The number of nitrogens with zero attached hydrogens (tertiary/aromatic N) is 3. The number of rotatable bonds is 6. The van der Waals surface area contributed by atoms with Gasteiger partial charge in [0.25, 0.3) is 0 Å². The molecule has 5 heteroatoms. The van der Waals surface area contributed by atoms with Crippen LogP contribution < -0.4 is 10.2 Å². The first-order chi connectivity index (χ1) is 13.3. The molecule has 4 nitrogen and oxygen atoms in total. The van der Waals surface area contributed by atoms with Crippen LogP contribution in [-0.2, 0) is 0 Å². The maximum Gasteiger partial charge on any atom is 0.187 e. The third kappa shape index (κ3) is 3.78. The molecule has 2 aromatic carbocycles. The van der Waals surface area contributed by atoms with Gasteiger partial charge in [-0.15, -0.1) is 11.3 Å².